The Labute approximate surface area is 175 Å². The van der Waals surface area contributed by atoms with E-state index in [1.807, 2.05) is 23.6 Å². The van der Waals surface area contributed by atoms with Gasteiger partial charge in [-0.1, -0.05) is 23.2 Å². The maximum absolute atomic E-state index is 12.3. The standard InChI is InChI=1S/C20H26Cl2N2O4/c1-3-23(13-5-6-13)19(25)11-27-17-10-18(16(22)9-15(17)21)28-12-20(26)24(4-2)14-7-8-14/h9-10,13-14H,3-8,11-12H2,1-2H3. The van der Waals surface area contributed by atoms with E-state index in [9.17, 15) is 9.59 Å². The summed E-state index contributed by atoms with van der Waals surface area (Å²) in [5.74, 6) is 0.472. The lowest BCUT2D eigenvalue weighted by Gasteiger charge is -2.21. The molecule has 0 heterocycles. The van der Waals surface area contributed by atoms with Crippen LogP contribution in [0.15, 0.2) is 12.1 Å². The molecule has 0 N–H and O–H groups in total. The summed E-state index contributed by atoms with van der Waals surface area (Å²) in [5, 5.41) is 0.582. The van der Waals surface area contributed by atoms with E-state index in [0.717, 1.165) is 25.7 Å². The van der Waals surface area contributed by atoms with Crippen LogP contribution >= 0.6 is 23.2 Å². The number of hydrogen-bond donors (Lipinski definition) is 0. The Balaban J connectivity index is 1.59. The normalized spacial score (nSPS) is 15.9. The first-order chi connectivity index (χ1) is 13.4. The minimum absolute atomic E-state index is 0.0725. The van der Waals surface area contributed by atoms with E-state index in [2.05, 4.69) is 0 Å². The molecule has 2 fully saturated rings. The third kappa shape index (κ3) is 5.23. The first kappa shape index (κ1) is 21.1. The Bertz CT molecular complexity index is 678. The molecule has 8 heteroatoms. The van der Waals surface area contributed by atoms with Crippen LogP contribution < -0.4 is 9.47 Å². The highest BCUT2D eigenvalue weighted by atomic mass is 35.5. The third-order valence-corrected chi connectivity index (χ3v) is 5.58. The number of halogens is 2. The molecule has 0 aromatic heterocycles. The second kappa shape index (κ2) is 9.23. The lowest BCUT2D eigenvalue weighted by molar-refractivity contribution is -0.134. The third-order valence-electron chi connectivity index (χ3n) is 4.99. The minimum atomic E-state index is -0.102. The van der Waals surface area contributed by atoms with E-state index in [-0.39, 0.29) is 25.0 Å². The number of rotatable bonds is 10. The zero-order valence-corrected chi connectivity index (χ0v) is 17.8. The van der Waals surface area contributed by atoms with Gasteiger partial charge in [0.05, 0.1) is 10.0 Å². The van der Waals surface area contributed by atoms with Crippen LogP contribution in [0.2, 0.25) is 10.0 Å². The smallest absolute Gasteiger partial charge is 0.260 e. The maximum Gasteiger partial charge on any atom is 0.260 e. The summed E-state index contributed by atoms with van der Waals surface area (Å²) in [7, 11) is 0. The first-order valence-corrected chi connectivity index (χ1v) is 10.5. The van der Waals surface area contributed by atoms with E-state index in [4.69, 9.17) is 32.7 Å². The van der Waals surface area contributed by atoms with Gasteiger partial charge in [-0.05, 0) is 45.6 Å². The molecule has 1 aromatic rings. The van der Waals surface area contributed by atoms with Crippen molar-refractivity contribution in [1.82, 2.24) is 9.80 Å². The van der Waals surface area contributed by atoms with Crippen molar-refractivity contribution in [2.24, 2.45) is 0 Å². The highest BCUT2D eigenvalue weighted by molar-refractivity contribution is 6.36. The van der Waals surface area contributed by atoms with Crippen molar-refractivity contribution in [3.63, 3.8) is 0 Å². The minimum Gasteiger partial charge on any atom is -0.482 e. The van der Waals surface area contributed by atoms with E-state index in [0.29, 0.717) is 46.7 Å². The van der Waals surface area contributed by atoms with Crippen molar-refractivity contribution in [3.05, 3.63) is 22.2 Å². The van der Waals surface area contributed by atoms with Crippen LogP contribution in [0.1, 0.15) is 39.5 Å². The second-order valence-corrected chi connectivity index (χ2v) is 7.93. The Morgan fingerprint density at radius 1 is 0.857 bits per heavy atom. The highest BCUT2D eigenvalue weighted by Crippen LogP contribution is 2.36. The van der Waals surface area contributed by atoms with E-state index in [1.165, 1.54) is 12.1 Å². The molecule has 0 bridgehead atoms. The fourth-order valence-corrected chi connectivity index (χ4v) is 3.72. The SMILES string of the molecule is CCN(C(=O)COc1cc(OCC(=O)N(CC)C2CC2)c(Cl)cc1Cl)C1CC1. The average molecular weight is 429 g/mol. The van der Waals surface area contributed by atoms with Crippen LogP contribution in [0.4, 0.5) is 0 Å². The van der Waals surface area contributed by atoms with Crippen LogP contribution in [0.3, 0.4) is 0 Å². The van der Waals surface area contributed by atoms with Crippen molar-refractivity contribution in [2.75, 3.05) is 26.3 Å². The molecule has 2 saturated carbocycles. The number of nitrogens with zero attached hydrogens (tertiary/aromatic N) is 2. The van der Waals surface area contributed by atoms with Crippen molar-refractivity contribution in [1.29, 1.82) is 0 Å². The van der Waals surface area contributed by atoms with Gasteiger partial charge in [0.2, 0.25) is 0 Å². The fourth-order valence-electron chi connectivity index (χ4n) is 3.23. The largest absolute Gasteiger partial charge is 0.482 e. The summed E-state index contributed by atoms with van der Waals surface area (Å²) in [6, 6.07) is 3.70. The summed E-state index contributed by atoms with van der Waals surface area (Å²) in [4.78, 5) is 28.3. The van der Waals surface area contributed by atoms with Gasteiger partial charge in [-0.15, -0.1) is 0 Å². The van der Waals surface area contributed by atoms with Crippen LogP contribution in [-0.4, -0.2) is 60.0 Å². The van der Waals surface area contributed by atoms with Gasteiger partial charge in [0, 0.05) is 31.2 Å². The van der Waals surface area contributed by atoms with Crippen molar-refractivity contribution in [2.45, 2.75) is 51.6 Å². The summed E-state index contributed by atoms with van der Waals surface area (Å²) in [6.45, 7) is 5.02. The Morgan fingerprint density at radius 3 is 1.57 bits per heavy atom. The van der Waals surface area contributed by atoms with E-state index >= 15 is 0 Å². The number of ether oxygens (including phenoxy) is 2. The molecule has 3 rings (SSSR count). The number of hydrogen-bond acceptors (Lipinski definition) is 4. The van der Waals surface area contributed by atoms with Crippen molar-refractivity contribution in [3.8, 4) is 11.5 Å². The van der Waals surface area contributed by atoms with E-state index < -0.39 is 0 Å². The number of carbonyl (C=O) groups is 2. The molecule has 0 saturated heterocycles. The van der Waals surface area contributed by atoms with Crippen LogP contribution in [0.5, 0.6) is 11.5 Å². The fraction of sp³-hybridized carbons (Fsp3) is 0.600. The van der Waals surface area contributed by atoms with Crippen LogP contribution in [-0.2, 0) is 9.59 Å². The second-order valence-electron chi connectivity index (χ2n) is 7.11. The number of likely N-dealkylation sites (N-methyl/N-ethyl adjacent to an activating group) is 2. The average Bonchev–Trinajstić information content (AvgIpc) is 3.55. The lowest BCUT2D eigenvalue weighted by atomic mass is 10.3. The quantitative estimate of drug-likeness (QED) is 0.568. The predicted molar refractivity (Wildman–Crippen MR) is 108 cm³/mol. The molecular formula is C20H26Cl2N2O4. The lowest BCUT2D eigenvalue weighted by Crippen LogP contribution is -2.36. The Hall–Kier alpha value is -1.66. The van der Waals surface area contributed by atoms with Gasteiger partial charge < -0.3 is 19.3 Å². The Morgan fingerprint density at radius 2 is 1.25 bits per heavy atom. The first-order valence-electron chi connectivity index (χ1n) is 9.78. The van der Waals surface area contributed by atoms with Gasteiger partial charge in [0.25, 0.3) is 11.8 Å². The zero-order chi connectivity index (χ0) is 20.3. The topological polar surface area (TPSA) is 59.1 Å². The molecule has 28 heavy (non-hydrogen) atoms. The molecule has 0 atom stereocenters. The van der Waals surface area contributed by atoms with Crippen molar-refractivity contribution >= 4 is 35.0 Å². The molecule has 6 nitrogen and oxygen atoms in total. The molecule has 2 amide bonds. The van der Waals surface area contributed by atoms with Gasteiger partial charge in [-0.3, -0.25) is 9.59 Å². The predicted octanol–water partition coefficient (Wildman–Crippen LogP) is 3.77. The number of amides is 2. The monoisotopic (exact) mass is 428 g/mol. The summed E-state index contributed by atoms with van der Waals surface area (Å²) in [5.41, 5.74) is 0. The van der Waals surface area contributed by atoms with Gasteiger partial charge in [0.1, 0.15) is 11.5 Å². The van der Waals surface area contributed by atoms with E-state index in [1.54, 1.807) is 0 Å². The van der Waals surface area contributed by atoms with Gasteiger partial charge in [0.15, 0.2) is 13.2 Å². The highest BCUT2D eigenvalue weighted by Gasteiger charge is 2.32. The van der Waals surface area contributed by atoms with Gasteiger partial charge in [-0.2, -0.15) is 0 Å². The molecule has 1 aromatic carbocycles. The van der Waals surface area contributed by atoms with Crippen molar-refractivity contribution < 1.29 is 19.1 Å². The molecular weight excluding hydrogens is 403 g/mol. The molecule has 0 unspecified atom stereocenters. The van der Waals surface area contributed by atoms with Crippen LogP contribution in [0, 0.1) is 0 Å². The molecule has 2 aliphatic carbocycles. The molecule has 0 radical (unpaired) electrons. The number of benzene rings is 1. The summed E-state index contributed by atoms with van der Waals surface area (Å²) >= 11 is 12.4. The van der Waals surface area contributed by atoms with Gasteiger partial charge >= 0.3 is 0 Å². The molecule has 154 valence electrons. The molecule has 0 aliphatic heterocycles. The summed E-state index contributed by atoms with van der Waals surface area (Å²) in [6.07, 6.45) is 4.18. The summed E-state index contributed by atoms with van der Waals surface area (Å²) < 4.78 is 11.2. The number of carbonyl (C=O) groups excluding carboxylic acids is 2. The Kier molecular flexibility index (Phi) is 6.94. The zero-order valence-electron chi connectivity index (χ0n) is 16.2. The maximum atomic E-state index is 12.3. The molecule has 0 spiro atoms. The van der Waals surface area contributed by atoms with Crippen LogP contribution in [0.25, 0.3) is 0 Å². The molecule has 2 aliphatic rings. The van der Waals surface area contributed by atoms with Gasteiger partial charge in [-0.25, -0.2) is 0 Å².